The van der Waals surface area contributed by atoms with E-state index in [9.17, 15) is 8.42 Å². The van der Waals surface area contributed by atoms with E-state index in [-0.39, 0.29) is 6.54 Å². The first-order valence-electron chi connectivity index (χ1n) is 9.35. The molecule has 1 N–H and O–H groups in total. The Hall–Kier alpha value is -1.89. The first-order valence-corrected chi connectivity index (χ1v) is 10.8. The zero-order valence-corrected chi connectivity index (χ0v) is 17.1. The molecule has 2 aromatic rings. The third kappa shape index (κ3) is 4.51. The molecule has 0 spiro atoms. The minimum atomic E-state index is -3.60. The van der Waals surface area contributed by atoms with Crippen molar-refractivity contribution in [3.8, 4) is 5.75 Å². The van der Waals surface area contributed by atoms with E-state index in [1.807, 2.05) is 32.0 Å². The molecule has 0 atom stereocenters. The van der Waals surface area contributed by atoms with Crippen LogP contribution in [0.25, 0.3) is 0 Å². The number of hydrogen-bond acceptors (Lipinski definition) is 4. The van der Waals surface area contributed by atoms with E-state index in [0.29, 0.717) is 16.2 Å². The van der Waals surface area contributed by atoms with Gasteiger partial charge in [-0.3, -0.25) is 4.90 Å². The van der Waals surface area contributed by atoms with Crippen LogP contribution in [-0.4, -0.2) is 33.5 Å². The summed E-state index contributed by atoms with van der Waals surface area (Å²) < 4.78 is 33.8. The van der Waals surface area contributed by atoms with Gasteiger partial charge in [0.15, 0.2) is 0 Å². The van der Waals surface area contributed by atoms with Crippen molar-refractivity contribution in [2.75, 3.05) is 20.2 Å². The smallest absolute Gasteiger partial charge is 0.241 e. The molecule has 0 saturated carbocycles. The Labute approximate surface area is 162 Å². The quantitative estimate of drug-likeness (QED) is 0.790. The maximum absolute atomic E-state index is 12.9. The van der Waals surface area contributed by atoms with Crippen LogP contribution in [0.15, 0.2) is 41.3 Å². The number of likely N-dealkylation sites (tertiary alicyclic amines) is 1. The van der Waals surface area contributed by atoms with Gasteiger partial charge in [-0.15, -0.1) is 0 Å². The average molecular weight is 389 g/mol. The number of ether oxygens (including phenoxy) is 1. The molecule has 1 saturated heterocycles. The van der Waals surface area contributed by atoms with Crippen LogP contribution >= 0.6 is 0 Å². The number of nitrogens with zero attached hydrogens (tertiary/aromatic N) is 1. The van der Waals surface area contributed by atoms with Gasteiger partial charge < -0.3 is 4.74 Å². The molecule has 0 aliphatic carbocycles. The fourth-order valence-electron chi connectivity index (χ4n) is 3.60. The highest BCUT2D eigenvalue weighted by Crippen LogP contribution is 2.27. The molecule has 27 heavy (non-hydrogen) atoms. The number of sulfonamides is 1. The Balaban J connectivity index is 1.77. The highest BCUT2D eigenvalue weighted by atomic mass is 32.2. The molecular formula is C21H28N2O3S. The SMILES string of the molecule is COc1ccc(S(=O)(=O)NCc2ccccc2CN2CCCC2)c(C)c1C. The molecule has 2 aromatic carbocycles. The number of hydrogen-bond donors (Lipinski definition) is 1. The monoisotopic (exact) mass is 388 g/mol. The van der Waals surface area contributed by atoms with Gasteiger partial charge in [0.25, 0.3) is 0 Å². The molecule has 0 unspecified atom stereocenters. The van der Waals surface area contributed by atoms with Crippen molar-refractivity contribution in [2.45, 2.75) is 44.7 Å². The van der Waals surface area contributed by atoms with Crippen LogP contribution in [0.4, 0.5) is 0 Å². The summed E-state index contributed by atoms with van der Waals surface area (Å²) in [6.07, 6.45) is 2.48. The van der Waals surface area contributed by atoms with Gasteiger partial charge >= 0.3 is 0 Å². The Bertz CT molecular complexity index is 904. The molecule has 0 bridgehead atoms. The summed E-state index contributed by atoms with van der Waals surface area (Å²) in [5.74, 6) is 0.697. The van der Waals surface area contributed by atoms with Crippen LogP contribution in [0, 0.1) is 13.8 Å². The van der Waals surface area contributed by atoms with Gasteiger partial charge in [-0.05, 0) is 74.2 Å². The van der Waals surface area contributed by atoms with Crippen molar-refractivity contribution < 1.29 is 13.2 Å². The minimum absolute atomic E-state index is 0.289. The fraction of sp³-hybridized carbons (Fsp3) is 0.429. The summed E-state index contributed by atoms with van der Waals surface area (Å²) in [7, 11) is -2.01. The lowest BCUT2D eigenvalue weighted by atomic mass is 10.1. The van der Waals surface area contributed by atoms with E-state index in [2.05, 4.69) is 15.7 Å². The Morgan fingerprint density at radius 2 is 1.67 bits per heavy atom. The molecule has 6 heteroatoms. The molecule has 1 aliphatic rings. The van der Waals surface area contributed by atoms with Crippen molar-refractivity contribution in [3.63, 3.8) is 0 Å². The molecule has 0 aromatic heterocycles. The summed E-state index contributed by atoms with van der Waals surface area (Å²) in [6, 6.07) is 11.4. The molecule has 5 nitrogen and oxygen atoms in total. The maximum atomic E-state index is 12.9. The summed E-state index contributed by atoms with van der Waals surface area (Å²) in [5.41, 5.74) is 3.77. The molecule has 0 amide bonds. The second-order valence-corrected chi connectivity index (χ2v) is 8.83. The zero-order valence-electron chi connectivity index (χ0n) is 16.3. The highest BCUT2D eigenvalue weighted by molar-refractivity contribution is 7.89. The van der Waals surface area contributed by atoms with E-state index >= 15 is 0 Å². The van der Waals surface area contributed by atoms with Gasteiger partial charge in [0.2, 0.25) is 10.0 Å². The fourth-order valence-corrected chi connectivity index (χ4v) is 4.90. The third-order valence-corrected chi connectivity index (χ3v) is 6.91. The lowest BCUT2D eigenvalue weighted by molar-refractivity contribution is 0.330. The van der Waals surface area contributed by atoms with Crippen LogP contribution in [0.1, 0.15) is 35.1 Å². The Morgan fingerprint density at radius 3 is 2.33 bits per heavy atom. The largest absolute Gasteiger partial charge is 0.496 e. The lowest BCUT2D eigenvalue weighted by Gasteiger charge is -2.18. The van der Waals surface area contributed by atoms with Gasteiger partial charge in [0.05, 0.1) is 12.0 Å². The standard InChI is InChI=1S/C21H28N2O3S/c1-16-17(2)21(11-10-20(16)26-3)27(24,25)22-14-18-8-4-5-9-19(18)15-23-12-6-7-13-23/h4-5,8-11,22H,6-7,12-15H2,1-3H3. The first-order chi connectivity index (χ1) is 12.9. The van der Waals surface area contributed by atoms with Crippen LogP contribution in [0.2, 0.25) is 0 Å². The number of benzene rings is 2. The topological polar surface area (TPSA) is 58.6 Å². The number of methoxy groups -OCH3 is 1. The number of rotatable bonds is 7. The molecule has 3 rings (SSSR count). The van der Waals surface area contributed by atoms with Crippen molar-refractivity contribution in [1.29, 1.82) is 0 Å². The van der Waals surface area contributed by atoms with E-state index in [1.165, 1.54) is 18.4 Å². The molecule has 0 radical (unpaired) electrons. The Morgan fingerprint density at radius 1 is 1.00 bits per heavy atom. The van der Waals surface area contributed by atoms with E-state index < -0.39 is 10.0 Å². The van der Waals surface area contributed by atoms with Gasteiger partial charge in [0, 0.05) is 13.1 Å². The third-order valence-electron chi connectivity index (χ3n) is 5.36. The minimum Gasteiger partial charge on any atom is -0.496 e. The second kappa shape index (κ2) is 8.42. The van der Waals surface area contributed by atoms with Crippen molar-refractivity contribution in [3.05, 3.63) is 58.7 Å². The Kier molecular flexibility index (Phi) is 6.19. The molecule has 1 heterocycles. The van der Waals surface area contributed by atoms with Crippen molar-refractivity contribution in [1.82, 2.24) is 9.62 Å². The first kappa shape index (κ1) is 19.9. The second-order valence-electron chi connectivity index (χ2n) is 7.09. The van der Waals surface area contributed by atoms with E-state index in [1.54, 1.807) is 19.2 Å². The molecule has 1 aliphatic heterocycles. The van der Waals surface area contributed by atoms with Crippen molar-refractivity contribution in [2.24, 2.45) is 0 Å². The maximum Gasteiger partial charge on any atom is 0.241 e. The van der Waals surface area contributed by atoms with Crippen LogP contribution in [-0.2, 0) is 23.1 Å². The molecule has 1 fully saturated rings. The van der Waals surface area contributed by atoms with E-state index in [0.717, 1.165) is 30.8 Å². The lowest BCUT2D eigenvalue weighted by Crippen LogP contribution is -2.26. The van der Waals surface area contributed by atoms with Crippen LogP contribution < -0.4 is 9.46 Å². The van der Waals surface area contributed by atoms with Gasteiger partial charge in [0.1, 0.15) is 5.75 Å². The normalized spacial score (nSPS) is 15.2. The molecular weight excluding hydrogens is 360 g/mol. The summed E-state index contributed by atoms with van der Waals surface area (Å²) in [5, 5.41) is 0. The van der Waals surface area contributed by atoms with Crippen molar-refractivity contribution >= 4 is 10.0 Å². The van der Waals surface area contributed by atoms with Crippen LogP contribution in [0.5, 0.6) is 5.75 Å². The average Bonchev–Trinajstić information content (AvgIpc) is 3.16. The summed E-state index contributed by atoms with van der Waals surface area (Å²) in [4.78, 5) is 2.72. The summed E-state index contributed by atoms with van der Waals surface area (Å²) >= 11 is 0. The van der Waals surface area contributed by atoms with Gasteiger partial charge in [-0.2, -0.15) is 0 Å². The number of nitrogens with one attached hydrogen (secondary N) is 1. The zero-order chi connectivity index (χ0) is 19.4. The highest BCUT2D eigenvalue weighted by Gasteiger charge is 2.20. The summed E-state index contributed by atoms with van der Waals surface area (Å²) in [6.45, 7) is 7.08. The van der Waals surface area contributed by atoms with Crippen LogP contribution in [0.3, 0.4) is 0 Å². The predicted molar refractivity (Wildman–Crippen MR) is 107 cm³/mol. The van der Waals surface area contributed by atoms with Gasteiger partial charge in [-0.1, -0.05) is 24.3 Å². The predicted octanol–water partition coefficient (Wildman–Crippen LogP) is 3.39. The molecule has 146 valence electrons. The van der Waals surface area contributed by atoms with E-state index in [4.69, 9.17) is 4.74 Å². The van der Waals surface area contributed by atoms with Gasteiger partial charge in [-0.25, -0.2) is 13.1 Å².